The van der Waals surface area contributed by atoms with Crippen LogP contribution in [0.2, 0.25) is 0 Å². The van der Waals surface area contributed by atoms with Crippen LogP contribution in [0.1, 0.15) is 24.0 Å². The Morgan fingerprint density at radius 3 is 1.75 bits per heavy atom. The average Bonchev–Trinajstić information content (AvgIpc) is 2.62. The predicted molar refractivity (Wildman–Crippen MR) is 106 cm³/mol. The predicted octanol–water partition coefficient (Wildman–Crippen LogP) is 2.38. The van der Waals surface area contributed by atoms with Gasteiger partial charge in [-0.25, -0.2) is 8.42 Å². The Bertz CT molecular complexity index is 984. The third kappa shape index (κ3) is 6.11. The molecule has 2 aromatic rings. The molecule has 0 saturated carbocycles. The van der Waals surface area contributed by atoms with E-state index in [1.807, 2.05) is 13.8 Å². The summed E-state index contributed by atoms with van der Waals surface area (Å²) in [6.07, 6.45) is 0.857. The molecule has 154 valence electrons. The molecule has 3 rings (SSSR count). The molecule has 1 aliphatic rings. The number of rotatable bonds is 3. The molecule has 28 heavy (non-hydrogen) atoms. The van der Waals surface area contributed by atoms with E-state index < -0.39 is 26.2 Å². The zero-order valence-corrected chi connectivity index (χ0v) is 17.4. The molecule has 0 aliphatic carbocycles. The van der Waals surface area contributed by atoms with Crippen LogP contribution in [-0.4, -0.2) is 50.0 Å². The van der Waals surface area contributed by atoms with E-state index >= 15 is 0 Å². The van der Waals surface area contributed by atoms with Crippen molar-refractivity contribution in [1.29, 1.82) is 0 Å². The molecule has 1 aliphatic heterocycles. The molecule has 0 spiro atoms. The van der Waals surface area contributed by atoms with Gasteiger partial charge in [0.05, 0.1) is 15.9 Å². The van der Waals surface area contributed by atoms with Crippen LogP contribution in [0.25, 0.3) is 0 Å². The summed E-state index contributed by atoms with van der Waals surface area (Å²) in [4.78, 5) is 0.236. The number of aliphatic hydroxyl groups is 1. The summed E-state index contributed by atoms with van der Waals surface area (Å²) in [5, 5.41) is 9.53. The Balaban J connectivity index is 0.000000221. The molecule has 0 radical (unpaired) electrons. The fourth-order valence-electron chi connectivity index (χ4n) is 2.71. The number of nitrogens with zero attached hydrogens (tertiary/aromatic N) is 1. The van der Waals surface area contributed by atoms with Crippen molar-refractivity contribution in [3.63, 3.8) is 0 Å². The third-order valence-corrected chi connectivity index (χ3v) is 7.08. The van der Waals surface area contributed by atoms with Crippen molar-refractivity contribution in [3.05, 3.63) is 59.7 Å². The zero-order chi connectivity index (χ0) is 20.9. The van der Waals surface area contributed by atoms with E-state index in [2.05, 4.69) is 0 Å². The number of piperidine rings is 1. The molecule has 0 amide bonds. The van der Waals surface area contributed by atoms with Gasteiger partial charge in [-0.1, -0.05) is 35.4 Å². The zero-order valence-electron chi connectivity index (χ0n) is 15.8. The highest BCUT2D eigenvalue weighted by Crippen LogP contribution is 2.20. The van der Waals surface area contributed by atoms with Crippen LogP contribution in [-0.2, 0) is 20.1 Å². The Morgan fingerprint density at radius 1 is 0.857 bits per heavy atom. The molecule has 1 heterocycles. The number of hydrogen-bond donors (Lipinski definition) is 2. The van der Waals surface area contributed by atoms with Crippen LogP contribution in [0, 0.1) is 13.8 Å². The summed E-state index contributed by atoms with van der Waals surface area (Å²) >= 11 is 0. The van der Waals surface area contributed by atoms with Crippen molar-refractivity contribution in [1.82, 2.24) is 4.31 Å². The van der Waals surface area contributed by atoms with E-state index in [0.717, 1.165) is 11.1 Å². The molecule has 7 nitrogen and oxygen atoms in total. The van der Waals surface area contributed by atoms with E-state index in [4.69, 9.17) is 4.55 Å². The molecule has 1 unspecified atom stereocenters. The smallest absolute Gasteiger partial charge is 0.294 e. The molecular formula is C19H25NO6S2. The van der Waals surface area contributed by atoms with Gasteiger partial charge < -0.3 is 5.11 Å². The van der Waals surface area contributed by atoms with Gasteiger partial charge in [0.15, 0.2) is 0 Å². The summed E-state index contributed by atoms with van der Waals surface area (Å²) in [5.41, 5.74) is 1.99. The quantitative estimate of drug-likeness (QED) is 0.728. The maximum atomic E-state index is 12.3. The van der Waals surface area contributed by atoms with Crippen LogP contribution in [0.15, 0.2) is 58.3 Å². The molecule has 1 fully saturated rings. The highest BCUT2D eigenvalue weighted by atomic mass is 32.2. The molecule has 1 saturated heterocycles. The van der Waals surface area contributed by atoms with E-state index in [1.165, 1.54) is 16.4 Å². The third-order valence-electron chi connectivity index (χ3n) is 4.34. The number of β-amino-alcohol motifs (C(OH)–C–C–N with tert-alkyl or cyclic N) is 1. The van der Waals surface area contributed by atoms with Crippen LogP contribution in [0.3, 0.4) is 0 Å². The SMILES string of the molecule is Cc1ccc(S(=O)(=O)N2CCCC(O)C2)cc1.Cc1ccc(S(=O)(=O)O)cc1. The van der Waals surface area contributed by atoms with Gasteiger partial charge in [-0.05, 0) is 51.0 Å². The lowest BCUT2D eigenvalue weighted by Gasteiger charge is -2.29. The number of hydrogen-bond acceptors (Lipinski definition) is 5. The maximum Gasteiger partial charge on any atom is 0.294 e. The van der Waals surface area contributed by atoms with Crippen molar-refractivity contribution in [2.45, 2.75) is 42.6 Å². The lowest BCUT2D eigenvalue weighted by atomic mass is 10.1. The first-order valence-electron chi connectivity index (χ1n) is 8.79. The first-order valence-corrected chi connectivity index (χ1v) is 11.7. The second-order valence-electron chi connectivity index (χ2n) is 6.76. The van der Waals surface area contributed by atoms with Crippen LogP contribution in [0.5, 0.6) is 0 Å². The monoisotopic (exact) mass is 427 g/mol. The fraction of sp³-hybridized carbons (Fsp3) is 0.368. The molecule has 1 atom stereocenters. The first kappa shape index (κ1) is 22.5. The number of benzene rings is 2. The lowest BCUT2D eigenvalue weighted by molar-refractivity contribution is 0.108. The summed E-state index contributed by atoms with van der Waals surface area (Å²) in [6.45, 7) is 4.46. The normalized spacial score (nSPS) is 18.2. The minimum atomic E-state index is -4.02. The van der Waals surface area contributed by atoms with Gasteiger partial charge in [0.1, 0.15) is 0 Å². The number of sulfonamides is 1. The topological polar surface area (TPSA) is 112 Å². The second-order valence-corrected chi connectivity index (χ2v) is 10.1. The first-order chi connectivity index (χ1) is 13.0. The molecule has 2 aromatic carbocycles. The lowest BCUT2D eigenvalue weighted by Crippen LogP contribution is -2.42. The van der Waals surface area contributed by atoms with Crippen molar-refractivity contribution in [2.24, 2.45) is 0 Å². The Kier molecular flexibility index (Phi) is 7.35. The van der Waals surface area contributed by atoms with Crippen molar-refractivity contribution >= 4 is 20.1 Å². The number of aryl methyl sites for hydroxylation is 2. The largest absolute Gasteiger partial charge is 0.392 e. The summed E-state index contributed by atoms with van der Waals surface area (Å²) < 4.78 is 55.4. The van der Waals surface area contributed by atoms with Crippen LogP contribution >= 0.6 is 0 Å². The highest BCUT2D eigenvalue weighted by molar-refractivity contribution is 7.89. The van der Waals surface area contributed by atoms with Gasteiger partial charge in [0.2, 0.25) is 10.0 Å². The van der Waals surface area contributed by atoms with E-state index in [-0.39, 0.29) is 11.4 Å². The molecule has 9 heteroatoms. The van der Waals surface area contributed by atoms with Crippen LogP contribution < -0.4 is 0 Å². The van der Waals surface area contributed by atoms with Crippen molar-refractivity contribution in [3.8, 4) is 0 Å². The van der Waals surface area contributed by atoms with Gasteiger partial charge in [-0.3, -0.25) is 4.55 Å². The molecule has 0 bridgehead atoms. The van der Waals surface area contributed by atoms with E-state index in [1.54, 1.807) is 36.4 Å². The molecular weight excluding hydrogens is 402 g/mol. The average molecular weight is 428 g/mol. The Morgan fingerprint density at radius 2 is 1.32 bits per heavy atom. The second kappa shape index (κ2) is 9.15. The summed E-state index contributed by atoms with van der Waals surface area (Å²) in [5.74, 6) is 0. The number of aliphatic hydroxyl groups excluding tert-OH is 1. The standard InChI is InChI=1S/C12H17NO3S.C7H8O3S/c1-10-4-6-12(7-5-10)17(15,16)13-8-2-3-11(14)9-13;1-6-2-4-7(5-3-6)11(8,9)10/h4-7,11,14H,2-3,8-9H2,1H3;2-5H,1H3,(H,8,9,10). The Hall–Kier alpha value is -1.78. The van der Waals surface area contributed by atoms with E-state index in [0.29, 0.717) is 24.3 Å². The van der Waals surface area contributed by atoms with Crippen LogP contribution in [0.4, 0.5) is 0 Å². The van der Waals surface area contributed by atoms with Gasteiger partial charge >= 0.3 is 0 Å². The van der Waals surface area contributed by atoms with Gasteiger partial charge in [0, 0.05) is 13.1 Å². The minimum absolute atomic E-state index is 0.0666. The highest BCUT2D eigenvalue weighted by Gasteiger charge is 2.29. The minimum Gasteiger partial charge on any atom is -0.392 e. The van der Waals surface area contributed by atoms with Gasteiger partial charge in [-0.2, -0.15) is 12.7 Å². The summed E-state index contributed by atoms with van der Waals surface area (Å²) in [6, 6.07) is 12.8. The molecule has 0 aromatic heterocycles. The summed E-state index contributed by atoms with van der Waals surface area (Å²) in [7, 11) is -7.46. The van der Waals surface area contributed by atoms with Crippen molar-refractivity contribution in [2.75, 3.05) is 13.1 Å². The van der Waals surface area contributed by atoms with Crippen molar-refractivity contribution < 1.29 is 26.5 Å². The van der Waals surface area contributed by atoms with Gasteiger partial charge in [-0.15, -0.1) is 0 Å². The Labute approximate surface area is 166 Å². The maximum absolute atomic E-state index is 12.3. The van der Waals surface area contributed by atoms with Gasteiger partial charge in [0.25, 0.3) is 10.1 Å². The molecule has 2 N–H and O–H groups in total. The fourth-order valence-corrected chi connectivity index (χ4v) is 4.70. The van der Waals surface area contributed by atoms with E-state index in [9.17, 15) is 21.9 Å².